The number of aromatic nitrogens is 2. The highest BCUT2D eigenvalue weighted by molar-refractivity contribution is 6.00. The number of carbonyl (C=O) groups excluding carboxylic acids is 2. The number of aliphatic hydroxyl groups excluding tert-OH is 2. The lowest BCUT2D eigenvalue weighted by Gasteiger charge is -2.45. The Balaban J connectivity index is 0.000000201. The van der Waals surface area contributed by atoms with Crippen molar-refractivity contribution in [3.63, 3.8) is 0 Å². The number of piperidine rings is 1. The van der Waals surface area contributed by atoms with Gasteiger partial charge in [-0.25, -0.2) is 0 Å². The number of likely N-dealkylation sites (N-methyl/N-ethyl adjacent to an activating group) is 2. The Bertz CT molecular complexity index is 2310. The lowest BCUT2D eigenvalue weighted by atomic mass is 9.72. The molecule has 1 saturated heterocycles. The van der Waals surface area contributed by atoms with Crippen LogP contribution in [0.15, 0.2) is 42.5 Å². The summed E-state index contributed by atoms with van der Waals surface area (Å²) in [6, 6.07) is 9.56. The zero-order valence-electron chi connectivity index (χ0n) is 34.7. The van der Waals surface area contributed by atoms with Crippen molar-refractivity contribution < 1.29 is 46.1 Å². The SMILES string of the molecule is C.CC[C@@H](CO)NC(=O)[C@@H]1C=C2c3cccc4c3c(c(C)n4C(F)(F)F)C[C@H]2N(C)C1.CC[C@@H](CO)NC(=O)[C@@H]1CC2c3cccc4c3c(c(C)n4C(F)(F)F)C[C@H]2N(C)C1. The molecule has 16 heteroatoms. The number of carbonyl (C=O) groups is 2. The molecule has 2 aliphatic heterocycles. The van der Waals surface area contributed by atoms with Crippen molar-refractivity contribution in [3.05, 3.63) is 76.1 Å². The molecule has 0 spiro atoms. The quantitative estimate of drug-likeness (QED) is 0.141. The topological polar surface area (TPSA) is 115 Å². The molecule has 0 radical (unpaired) electrons. The van der Waals surface area contributed by atoms with Crippen LogP contribution in [0.25, 0.3) is 27.4 Å². The van der Waals surface area contributed by atoms with Gasteiger partial charge in [0.15, 0.2) is 0 Å². The molecule has 8 rings (SSSR count). The summed E-state index contributed by atoms with van der Waals surface area (Å²) in [6.07, 6.45) is -4.17. The maximum Gasteiger partial charge on any atom is 0.489 e. The van der Waals surface area contributed by atoms with Crippen molar-refractivity contribution in [2.75, 3.05) is 40.4 Å². The molecule has 4 heterocycles. The van der Waals surface area contributed by atoms with Crippen molar-refractivity contribution in [2.45, 2.75) is 110 Å². The van der Waals surface area contributed by atoms with Crippen LogP contribution in [-0.2, 0) is 35.0 Å². The van der Waals surface area contributed by atoms with E-state index in [1.807, 2.05) is 51.1 Å². The number of nitrogens with one attached hydrogen (secondary N) is 2. The van der Waals surface area contributed by atoms with Crippen molar-refractivity contribution in [3.8, 4) is 0 Å². The Hall–Kier alpha value is -4.38. The number of likely N-dealkylation sites (tertiary alicyclic amines) is 1. The Kier molecular flexibility index (Phi) is 13.2. The van der Waals surface area contributed by atoms with Crippen LogP contribution in [0.3, 0.4) is 0 Å². The molecule has 61 heavy (non-hydrogen) atoms. The van der Waals surface area contributed by atoms with Gasteiger partial charge in [-0.2, -0.15) is 0 Å². The minimum atomic E-state index is -4.49. The molecular formula is C45H58F6N6O4. The van der Waals surface area contributed by atoms with Crippen LogP contribution in [0.5, 0.6) is 0 Å². The Morgan fingerprint density at radius 1 is 0.770 bits per heavy atom. The van der Waals surface area contributed by atoms with Crippen LogP contribution >= 0.6 is 0 Å². The number of alkyl halides is 6. The third-order valence-corrected chi connectivity index (χ3v) is 13.4. The fourth-order valence-corrected chi connectivity index (χ4v) is 10.3. The van der Waals surface area contributed by atoms with Gasteiger partial charge >= 0.3 is 12.6 Å². The molecule has 4 N–H and O–H groups in total. The average Bonchev–Trinajstić information content (AvgIpc) is 3.67. The van der Waals surface area contributed by atoms with Gasteiger partial charge in [0.2, 0.25) is 11.8 Å². The van der Waals surface area contributed by atoms with E-state index in [1.165, 1.54) is 19.1 Å². The molecule has 334 valence electrons. The molecule has 0 saturated carbocycles. The van der Waals surface area contributed by atoms with Crippen LogP contribution in [0.1, 0.15) is 80.1 Å². The molecule has 2 amide bonds. The number of hydrogen-bond acceptors (Lipinski definition) is 6. The van der Waals surface area contributed by atoms with E-state index in [2.05, 4.69) is 15.5 Å². The Morgan fingerprint density at radius 2 is 1.31 bits per heavy atom. The van der Waals surface area contributed by atoms with Crippen LogP contribution in [0.2, 0.25) is 0 Å². The summed E-state index contributed by atoms with van der Waals surface area (Å²) in [6.45, 7) is 7.67. The van der Waals surface area contributed by atoms with Gasteiger partial charge in [0.05, 0.1) is 48.2 Å². The smallest absolute Gasteiger partial charge is 0.394 e. The number of rotatable bonds is 8. The van der Waals surface area contributed by atoms with Gasteiger partial charge in [0.1, 0.15) is 0 Å². The minimum Gasteiger partial charge on any atom is -0.394 e. The maximum atomic E-state index is 13.8. The molecule has 2 aliphatic carbocycles. The fraction of sp³-hybridized carbons (Fsp3) is 0.556. The third kappa shape index (κ3) is 8.20. The summed E-state index contributed by atoms with van der Waals surface area (Å²) >= 11 is 0. The average molecular weight is 861 g/mol. The number of aliphatic hydroxyl groups is 2. The Labute approximate surface area is 352 Å². The van der Waals surface area contributed by atoms with E-state index in [0.717, 1.165) is 27.8 Å². The molecule has 2 aromatic carbocycles. The summed E-state index contributed by atoms with van der Waals surface area (Å²) in [5.74, 6) is -0.962. The normalized spacial score (nSPS) is 23.5. The molecule has 4 aliphatic rings. The van der Waals surface area contributed by atoms with Crippen LogP contribution in [0, 0.1) is 25.7 Å². The second-order valence-corrected chi connectivity index (χ2v) is 16.9. The Morgan fingerprint density at radius 3 is 1.87 bits per heavy atom. The molecule has 4 aromatic rings. The van der Waals surface area contributed by atoms with Gasteiger partial charge in [0.25, 0.3) is 0 Å². The van der Waals surface area contributed by atoms with E-state index in [-0.39, 0.29) is 90.9 Å². The van der Waals surface area contributed by atoms with E-state index < -0.39 is 18.5 Å². The van der Waals surface area contributed by atoms with E-state index in [9.17, 15) is 46.1 Å². The van der Waals surface area contributed by atoms with E-state index in [4.69, 9.17) is 0 Å². The van der Waals surface area contributed by atoms with Gasteiger partial charge in [-0.05, 0) is 100 Å². The van der Waals surface area contributed by atoms with E-state index >= 15 is 0 Å². The first-order chi connectivity index (χ1) is 28.3. The highest BCUT2D eigenvalue weighted by atomic mass is 19.4. The summed E-state index contributed by atoms with van der Waals surface area (Å²) in [4.78, 5) is 29.8. The monoisotopic (exact) mass is 860 g/mol. The predicted molar refractivity (Wildman–Crippen MR) is 224 cm³/mol. The van der Waals surface area contributed by atoms with Crippen LogP contribution in [-0.4, -0.2) is 106 Å². The van der Waals surface area contributed by atoms with Crippen molar-refractivity contribution in [1.29, 1.82) is 0 Å². The van der Waals surface area contributed by atoms with Gasteiger partial charge in [-0.3, -0.25) is 23.6 Å². The van der Waals surface area contributed by atoms with E-state index in [1.54, 1.807) is 19.1 Å². The van der Waals surface area contributed by atoms with Gasteiger partial charge < -0.3 is 25.7 Å². The van der Waals surface area contributed by atoms with Crippen LogP contribution < -0.4 is 10.6 Å². The molecule has 1 fully saturated rings. The number of benzene rings is 2. The molecule has 1 unspecified atom stereocenters. The van der Waals surface area contributed by atoms with Crippen molar-refractivity contribution in [1.82, 2.24) is 29.6 Å². The first-order valence-electron chi connectivity index (χ1n) is 20.7. The number of fused-ring (bicyclic) bond motifs is 4. The molecule has 2 aromatic heterocycles. The lowest BCUT2D eigenvalue weighted by Crippen LogP contribution is -2.52. The van der Waals surface area contributed by atoms with Crippen LogP contribution in [0.4, 0.5) is 26.3 Å². The summed E-state index contributed by atoms with van der Waals surface area (Å²) in [5, 5.41) is 25.9. The van der Waals surface area contributed by atoms with Crippen molar-refractivity contribution >= 4 is 39.2 Å². The number of hydrogen-bond donors (Lipinski definition) is 4. The lowest BCUT2D eigenvalue weighted by molar-refractivity contribution is -0.202. The minimum absolute atomic E-state index is 0. The first-order valence-corrected chi connectivity index (χ1v) is 20.7. The third-order valence-electron chi connectivity index (χ3n) is 13.4. The molecular weight excluding hydrogens is 803 g/mol. The molecule has 0 bridgehead atoms. The summed E-state index contributed by atoms with van der Waals surface area (Å²) in [5.41, 5.74) is 4.90. The highest BCUT2D eigenvalue weighted by Gasteiger charge is 2.45. The zero-order valence-corrected chi connectivity index (χ0v) is 34.7. The maximum absolute atomic E-state index is 13.8. The standard InChI is InChI=1S/C22H28F3N3O2.C22H26F3N3O2.CH4/c2*1-4-14(11-29)26-21(30)13-8-17-15-6-5-7-18-20(15)16(9-19(17)27(3)10-13)12(2)28(18)22(23,24)25;/h5-7,13-14,17,19,29H,4,8-11H2,1-3H3,(H,26,30);5-8,13-14,19,29H,4,9-11H2,1-3H3,(H,26,30);1H4/t13-,14+,17?,19-;13-,14+,19-;/m11./s1. The highest BCUT2D eigenvalue weighted by Crippen LogP contribution is 2.48. The first kappa shape index (κ1) is 46.1. The van der Waals surface area contributed by atoms with Gasteiger partial charge in [0, 0.05) is 53.3 Å². The van der Waals surface area contributed by atoms with Crippen molar-refractivity contribution in [2.24, 2.45) is 11.8 Å². The number of nitrogens with zero attached hydrogens (tertiary/aromatic N) is 4. The summed E-state index contributed by atoms with van der Waals surface area (Å²) < 4.78 is 83.5. The molecule has 7 atom stereocenters. The van der Waals surface area contributed by atoms with Gasteiger partial charge in [-0.1, -0.05) is 51.6 Å². The number of amides is 2. The second kappa shape index (κ2) is 17.4. The molecule has 10 nitrogen and oxygen atoms in total. The fourth-order valence-electron chi connectivity index (χ4n) is 10.3. The number of halogens is 6. The second-order valence-electron chi connectivity index (χ2n) is 16.9. The zero-order chi connectivity index (χ0) is 43.6. The van der Waals surface area contributed by atoms with Gasteiger partial charge in [-0.15, -0.1) is 26.3 Å². The predicted octanol–water partition coefficient (Wildman–Crippen LogP) is 7.09. The summed E-state index contributed by atoms with van der Waals surface area (Å²) in [7, 11) is 3.85. The largest absolute Gasteiger partial charge is 0.489 e. The van der Waals surface area contributed by atoms with E-state index in [0.29, 0.717) is 65.1 Å².